The lowest BCUT2D eigenvalue weighted by Crippen LogP contribution is -2.15. The Morgan fingerprint density at radius 1 is 1.50 bits per heavy atom. The largest absolute Gasteiger partial charge is 0.461 e. The molecule has 1 aliphatic rings. The van der Waals surface area contributed by atoms with Gasteiger partial charge in [0.15, 0.2) is 11.6 Å². The molecule has 3 rings (SSSR count). The first-order chi connectivity index (χ1) is 7.75. The van der Waals surface area contributed by atoms with Crippen LogP contribution in [-0.4, -0.2) is 9.97 Å². The molecule has 4 nitrogen and oxygen atoms in total. The van der Waals surface area contributed by atoms with Gasteiger partial charge in [0.25, 0.3) is 5.56 Å². The fourth-order valence-corrected chi connectivity index (χ4v) is 2.33. The molecule has 0 radical (unpaired) electrons. The molecule has 5 heteroatoms. The van der Waals surface area contributed by atoms with Crippen LogP contribution in [0.4, 0.5) is 0 Å². The van der Waals surface area contributed by atoms with Gasteiger partial charge in [-0.1, -0.05) is 0 Å². The predicted octanol–water partition coefficient (Wildman–Crippen LogP) is 2.51. The Kier molecular flexibility index (Phi) is 2.34. The van der Waals surface area contributed by atoms with Crippen molar-refractivity contribution in [3.05, 3.63) is 38.0 Å². The molecule has 1 N–H and O–H groups in total. The summed E-state index contributed by atoms with van der Waals surface area (Å²) in [6.07, 6.45) is 3.83. The minimum absolute atomic E-state index is 0.0797. The van der Waals surface area contributed by atoms with Crippen LogP contribution in [0.3, 0.4) is 0 Å². The second-order valence-electron chi connectivity index (χ2n) is 3.87. The summed E-state index contributed by atoms with van der Waals surface area (Å²) in [7, 11) is 0. The number of nitrogens with zero attached hydrogens (tertiary/aromatic N) is 1. The molecule has 82 valence electrons. The Morgan fingerprint density at radius 3 is 2.94 bits per heavy atom. The van der Waals surface area contributed by atoms with Crippen molar-refractivity contribution in [2.75, 3.05) is 0 Å². The number of nitrogens with one attached hydrogen (secondary N) is 1. The summed E-state index contributed by atoms with van der Waals surface area (Å²) in [5, 5.41) is 0. The molecule has 2 heterocycles. The average molecular weight is 328 g/mol. The van der Waals surface area contributed by atoms with Gasteiger partial charge in [0.2, 0.25) is 0 Å². The van der Waals surface area contributed by atoms with Gasteiger partial charge >= 0.3 is 0 Å². The SMILES string of the molecule is O=c1[nH]c(-c2ccco2)nc(C2CC2)c1I. The van der Waals surface area contributed by atoms with Crippen LogP contribution in [0.15, 0.2) is 27.6 Å². The van der Waals surface area contributed by atoms with E-state index in [2.05, 4.69) is 32.6 Å². The lowest BCUT2D eigenvalue weighted by atomic mass is 10.3. The molecule has 0 unspecified atom stereocenters. The van der Waals surface area contributed by atoms with Crippen molar-refractivity contribution in [1.29, 1.82) is 0 Å². The highest BCUT2D eigenvalue weighted by Gasteiger charge is 2.29. The van der Waals surface area contributed by atoms with Gasteiger partial charge in [-0.25, -0.2) is 4.98 Å². The van der Waals surface area contributed by atoms with Crippen molar-refractivity contribution < 1.29 is 4.42 Å². The monoisotopic (exact) mass is 328 g/mol. The highest BCUT2D eigenvalue weighted by molar-refractivity contribution is 14.1. The zero-order valence-electron chi connectivity index (χ0n) is 8.37. The van der Waals surface area contributed by atoms with E-state index in [0.29, 0.717) is 21.1 Å². The minimum Gasteiger partial charge on any atom is -0.461 e. The number of halogens is 1. The lowest BCUT2D eigenvalue weighted by Gasteiger charge is -2.03. The summed E-state index contributed by atoms with van der Waals surface area (Å²) in [5.74, 6) is 1.59. The van der Waals surface area contributed by atoms with Gasteiger partial charge in [0.1, 0.15) is 3.57 Å². The average Bonchev–Trinajstić information content (AvgIpc) is 2.96. The predicted molar refractivity (Wildman–Crippen MR) is 67.3 cm³/mol. The third kappa shape index (κ3) is 1.68. The van der Waals surface area contributed by atoms with Crippen LogP contribution < -0.4 is 5.56 Å². The topological polar surface area (TPSA) is 58.9 Å². The fourth-order valence-electron chi connectivity index (χ4n) is 1.63. The Morgan fingerprint density at radius 2 is 2.31 bits per heavy atom. The van der Waals surface area contributed by atoms with E-state index in [9.17, 15) is 4.79 Å². The Labute approximate surface area is 105 Å². The Bertz CT molecular complexity index is 570. The van der Waals surface area contributed by atoms with Crippen molar-refractivity contribution in [3.8, 4) is 11.6 Å². The highest BCUT2D eigenvalue weighted by Crippen LogP contribution is 2.40. The molecule has 1 saturated carbocycles. The van der Waals surface area contributed by atoms with E-state index < -0.39 is 0 Å². The van der Waals surface area contributed by atoms with Crippen molar-refractivity contribution in [3.63, 3.8) is 0 Å². The summed E-state index contributed by atoms with van der Waals surface area (Å²) in [5.41, 5.74) is 0.833. The fraction of sp³-hybridized carbons (Fsp3) is 0.273. The normalized spacial score (nSPS) is 15.3. The first-order valence-electron chi connectivity index (χ1n) is 5.09. The van der Waals surface area contributed by atoms with Crippen LogP contribution >= 0.6 is 22.6 Å². The summed E-state index contributed by atoms with van der Waals surface area (Å²) in [4.78, 5) is 19.0. The number of aromatic nitrogens is 2. The molecule has 2 aromatic rings. The molecular formula is C11H9IN2O2. The lowest BCUT2D eigenvalue weighted by molar-refractivity contribution is 0.576. The Hall–Kier alpha value is -1.11. The van der Waals surface area contributed by atoms with Gasteiger partial charge in [-0.15, -0.1) is 0 Å². The van der Waals surface area contributed by atoms with Gasteiger partial charge in [-0.05, 0) is 47.6 Å². The van der Waals surface area contributed by atoms with Crippen molar-refractivity contribution >= 4 is 22.6 Å². The van der Waals surface area contributed by atoms with Crippen LogP contribution in [0.2, 0.25) is 0 Å². The van der Waals surface area contributed by atoms with Crippen LogP contribution in [0.25, 0.3) is 11.6 Å². The van der Waals surface area contributed by atoms with Crippen molar-refractivity contribution in [1.82, 2.24) is 9.97 Å². The third-order valence-electron chi connectivity index (χ3n) is 2.61. The summed E-state index contributed by atoms with van der Waals surface area (Å²) in [6.45, 7) is 0. The molecule has 1 aliphatic carbocycles. The maximum atomic E-state index is 11.7. The first kappa shape index (κ1) is 10.1. The first-order valence-corrected chi connectivity index (χ1v) is 6.17. The quantitative estimate of drug-likeness (QED) is 0.862. The van der Waals surface area contributed by atoms with Crippen LogP contribution in [-0.2, 0) is 0 Å². The van der Waals surface area contributed by atoms with Gasteiger partial charge in [0.05, 0.1) is 12.0 Å². The molecule has 2 aromatic heterocycles. The number of hydrogen-bond acceptors (Lipinski definition) is 3. The third-order valence-corrected chi connectivity index (χ3v) is 3.65. The van der Waals surface area contributed by atoms with E-state index in [-0.39, 0.29) is 5.56 Å². The highest BCUT2D eigenvalue weighted by atomic mass is 127. The maximum Gasteiger partial charge on any atom is 0.264 e. The van der Waals surface area contributed by atoms with E-state index in [1.807, 2.05) is 0 Å². The standard InChI is InChI=1S/C11H9IN2O2/c12-8-9(6-3-4-6)13-10(14-11(8)15)7-2-1-5-16-7/h1-2,5-6H,3-4H2,(H,13,14,15). The number of furan rings is 1. The van der Waals surface area contributed by atoms with Crippen LogP contribution in [0.1, 0.15) is 24.5 Å². The van der Waals surface area contributed by atoms with Gasteiger partial charge < -0.3 is 9.40 Å². The number of hydrogen-bond donors (Lipinski definition) is 1. The molecule has 0 saturated heterocycles. The zero-order valence-corrected chi connectivity index (χ0v) is 10.5. The molecule has 0 aliphatic heterocycles. The van der Waals surface area contributed by atoms with Crippen molar-refractivity contribution in [2.45, 2.75) is 18.8 Å². The smallest absolute Gasteiger partial charge is 0.264 e. The second-order valence-corrected chi connectivity index (χ2v) is 4.94. The summed E-state index contributed by atoms with van der Waals surface area (Å²) < 4.78 is 5.94. The molecule has 0 amide bonds. The van der Waals surface area contributed by atoms with Gasteiger partial charge in [-0.3, -0.25) is 4.79 Å². The number of H-pyrrole nitrogens is 1. The minimum atomic E-state index is -0.0797. The molecule has 0 bridgehead atoms. The molecule has 0 atom stereocenters. The second kappa shape index (κ2) is 3.73. The Balaban J connectivity index is 2.17. The molecule has 0 aromatic carbocycles. The van der Waals surface area contributed by atoms with Gasteiger partial charge in [-0.2, -0.15) is 0 Å². The van der Waals surface area contributed by atoms with Gasteiger partial charge in [0, 0.05) is 5.92 Å². The molecule has 0 spiro atoms. The number of rotatable bonds is 2. The summed E-state index contributed by atoms with van der Waals surface area (Å²) >= 11 is 2.06. The van der Waals surface area contributed by atoms with E-state index in [1.54, 1.807) is 18.4 Å². The van der Waals surface area contributed by atoms with E-state index in [1.165, 1.54) is 0 Å². The van der Waals surface area contributed by atoms with E-state index in [0.717, 1.165) is 18.5 Å². The molecule has 16 heavy (non-hydrogen) atoms. The molecule has 1 fully saturated rings. The maximum absolute atomic E-state index is 11.7. The summed E-state index contributed by atoms with van der Waals surface area (Å²) in [6, 6.07) is 3.58. The van der Waals surface area contributed by atoms with Crippen LogP contribution in [0.5, 0.6) is 0 Å². The van der Waals surface area contributed by atoms with E-state index in [4.69, 9.17) is 4.42 Å². The van der Waals surface area contributed by atoms with Crippen molar-refractivity contribution in [2.24, 2.45) is 0 Å². The molecular weight excluding hydrogens is 319 g/mol. The number of aromatic amines is 1. The zero-order chi connectivity index (χ0) is 11.1. The van der Waals surface area contributed by atoms with E-state index >= 15 is 0 Å². The van der Waals surface area contributed by atoms with Crippen LogP contribution in [0, 0.1) is 3.57 Å².